The standard InChI is InChI=1S/C26H27FN4O4/c1-3-33-20-11-9-17(10-12-20)23-22(16(2)31(26(32)28-23)15-21-8-5-13-34-21)25-29-24(30-35-25)18-6-4-7-19(27)14-18/h4,6-7,9-12,14,21,23H,3,5,8,13,15H2,1-2H3,(H,28,32). The molecule has 3 aromatic rings. The highest BCUT2D eigenvalue weighted by Gasteiger charge is 2.37. The molecule has 0 bridgehead atoms. The van der Waals surface area contributed by atoms with Gasteiger partial charge in [0.25, 0.3) is 5.89 Å². The number of halogens is 1. The maximum absolute atomic E-state index is 13.8. The molecule has 1 fully saturated rings. The molecule has 0 aliphatic carbocycles. The number of benzene rings is 2. The summed E-state index contributed by atoms with van der Waals surface area (Å²) in [4.78, 5) is 19.4. The van der Waals surface area contributed by atoms with Gasteiger partial charge in [0.2, 0.25) is 5.82 Å². The van der Waals surface area contributed by atoms with E-state index in [1.165, 1.54) is 12.1 Å². The van der Waals surface area contributed by atoms with Crippen LogP contribution in [0.5, 0.6) is 5.75 Å². The minimum Gasteiger partial charge on any atom is -0.494 e. The largest absolute Gasteiger partial charge is 0.494 e. The highest BCUT2D eigenvalue weighted by molar-refractivity contribution is 5.87. The maximum Gasteiger partial charge on any atom is 0.322 e. The molecular formula is C26H27FN4O4. The Morgan fingerprint density at radius 1 is 1.23 bits per heavy atom. The van der Waals surface area contributed by atoms with Crippen LogP contribution in [-0.2, 0) is 4.74 Å². The average molecular weight is 479 g/mol. The Morgan fingerprint density at radius 3 is 2.77 bits per heavy atom. The summed E-state index contributed by atoms with van der Waals surface area (Å²) in [6.07, 6.45) is 1.86. The Bertz CT molecular complexity index is 1230. The normalized spacial score (nSPS) is 20.3. The van der Waals surface area contributed by atoms with Gasteiger partial charge < -0.3 is 19.3 Å². The molecule has 0 saturated carbocycles. The quantitative estimate of drug-likeness (QED) is 0.517. The molecule has 182 valence electrons. The SMILES string of the molecule is CCOc1ccc(C2NC(=O)N(CC3CCCO3)C(C)=C2c2nc(-c3cccc(F)c3)no2)cc1. The van der Waals surface area contributed by atoms with Crippen LogP contribution in [0.1, 0.15) is 44.2 Å². The van der Waals surface area contributed by atoms with Crippen molar-refractivity contribution in [1.82, 2.24) is 20.4 Å². The van der Waals surface area contributed by atoms with E-state index < -0.39 is 6.04 Å². The summed E-state index contributed by atoms with van der Waals surface area (Å²) in [5.41, 5.74) is 2.74. The number of carbonyl (C=O) groups is 1. The van der Waals surface area contributed by atoms with Gasteiger partial charge in [-0.25, -0.2) is 9.18 Å². The summed E-state index contributed by atoms with van der Waals surface area (Å²) < 4.78 is 30.8. The van der Waals surface area contributed by atoms with Gasteiger partial charge in [-0.3, -0.25) is 4.90 Å². The molecule has 2 amide bonds. The summed E-state index contributed by atoms with van der Waals surface area (Å²) >= 11 is 0. The van der Waals surface area contributed by atoms with E-state index in [4.69, 9.17) is 14.0 Å². The first-order valence-electron chi connectivity index (χ1n) is 11.8. The molecule has 1 N–H and O–H groups in total. The number of hydrogen-bond donors (Lipinski definition) is 1. The summed E-state index contributed by atoms with van der Waals surface area (Å²) in [7, 11) is 0. The number of nitrogens with zero attached hydrogens (tertiary/aromatic N) is 3. The predicted molar refractivity (Wildman–Crippen MR) is 127 cm³/mol. The summed E-state index contributed by atoms with van der Waals surface area (Å²) in [5, 5.41) is 7.18. The van der Waals surface area contributed by atoms with Gasteiger partial charge in [0.05, 0.1) is 30.9 Å². The molecule has 0 radical (unpaired) electrons. The molecule has 2 aromatic carbocycles. The third-order valence-electron chi connectivity index (χ3n) is 6.27. The van der Waals surface area contributed by atoms with E-state index in [0.717, 1.165) is 24.2 Å². The van der Waals surface area contributed by atoms with Crippen LogP contribution in [0.2, 0.25) is 0 Å². The Balaban J connectivity index is 1.55. The highest BCUT2D eigenvalue weighted by atomic mass is 19.1. The van der Waals surface area contributed by atoms with Gasteiger partial charge in [0, 0.05) is 17.9 Å². The van der Waals surface area contributed by atoms with E-state index in [2.05, 4.69) is 15.5 Å². The Kier molecular flexibility index (Phi) is 6.50. The minimum absolute atomic E-state index is 0.0236. The van der Waals surface area contributed by atoms with Gasteiger partial charge in [-0.2, -0.15) is 4.98 Å². The van der Waals surface area contributed by atoms with Crippen molar-refractivity contribution in [3.63, 3.8) is 0 Å². The number of carbonyl (C=O) groups excluding carboxylic acids is 1. The maximum atomic E-state index is 13.8. The topological polar surface area (TPSA) is 89.7 Å². The van der Waals surface area contributed by atoms with Crippen molar-refractivity contribution in [2.75, 3.05) is 19.8 Å². The van der Waals surface area contributed by atoms with Gasteiger partial charge in [0.15, 0.2) is 0 Å². The van der Waals surface area contributed by atoms with E-state index in [1.807, 2.05) is 38.1 Å². The van der Waals surface area contributed by atoms with Crippen LogP contribution in [0, 0.1) is 5.82 Å². The van der Waals surface area contributed by atoms with Gasteiger partial charge in [0.1, 0.15) is 11.6 Å². The van der Waals surface area contributed by atoms with Gasteiger partial charge >= 0.3 is 6.03 Å². The van der Waals surface area contributed by atoms with Crippen LogP contribution in [0.15, 0.2) is 58.8 Å². The van der Waals surface area contributed by atoms with Crippen molar-refractivity contribution >= 4 is 11.6 Å². The number of aromatic nitrogens is 2. The van der Waals surface area contributed by atoms with Crippen molar-refractivity contribution in [3.8, 4) is 17.1 Å². The van der Waals surface area contributed by atoms with E-state index in [0.29, 0.717) is 36.6 Å². The van der Waals surface area contributed by atoms with Crippen LogP contribution in [-0.4, -0.2) is 46.9 Å². The molecule has 35 heavy (non-hydrogen) atoms. The molecule has 2 unspecified atom stereocenters. The fourth-order valence-corrected chi connectivity index (χ4v) is 4.52. The highest BCUT2D eigenvalue weighted by Crippen LogP contribution is 2.38. The fraction of sp³-hybridized carbons (Fsp3) is 0.346. The fourth-order valence-electron chi connectivity index (χ4n) is 4.52. The molecule has 8 nitrogen and oxygen atoms in total. The number of urea groups is 1. The van der Waals surface area contributed by atoms with Gasteiger partial charge in [-0.05, 0) is 56.5 Å². The zero-order valence-electron chi connectivity index (χ0n) is 19.7. The van der Waals surface area contributed by atoms with Crippen LogP contribution in [0.3, 0.4) is 0 Å². The van der Waals surface area contributed by atoms with Gasteiger partial charge in [-0.1, -0.05) is 29.4 Å². The van der Waals surface area contributed by atoms with E-state index in [1.54, 1.807) is 17.0 Å². The Hall–Kier alpha value is -3.72. The first-order chi connectivity index (χ1) is 17.0. The Labute approximate surface area is 202 Å². The number of hydrogen-bond acceptors (Lipinski definition) is 6. The first kappa shape index (κ1) is 23.0. The zero-order chi connectivity index (χ0) is 24.4. The second kappa shape index (κ2) is 9.87. The smallest absolute Gasteiger partial charge is 0.322 e. The molecular weight excluding hydrogens is 451 g/mol. The van der Waals surface area contributed by atoms with Crippen molar-refractivity contribution in [3.05, 3.63) is 71.5 Å². The lowest BCUT2D eigenvalue weighted by molar-refractivity contribution is 0.0877. The molecule has 2 aliphatic heterocycles. The molecule has 1 aromatic heterocycles. The molecule has 1 saturated heterocycles. The monoisotopic (exact) mass is 478 g/mol. The van der Waals surface area contributed by atoms with E-state index in [-0.39, 0.29) is 29.7 Å². The second-order valence-corrected chi connectivity index (χ2v) is 8.56. The lowest BCUT2D eigenvalue weighted by Crippen LogP contribution is -2.48. The number of rotatable bonds is 7. The van der Waals surface area contributed by atoms with Crippen molar-refractivity contribution in [2.24, 2.45) is 0 Å². The molecule has 5 rings (SSSR count). The number of amides is 2. The molecule has 2 atom stereocenters. The predicted octanol–water partition coefficient (Wildman–Crippen LogP) is 4.95. The first-order valence-corrected chi connectivity index (χ1v) is 11.8. The van der Waals surface area contributed by atoms with Crippen LogP contribution in [0.25, 0.3) is 17.0 Å². The molecule has 9 heteroatoms. The van der Waals surface area contributed by atoms with Crippen LogP contribution < -0.4 is 10.1 Å². The summed E-state index contributed by atoms with van der Waals surface area (Å²) in [6.45, 7) is 5.49. The summed E-state index contributed by atoms with van der Waals surface area (Å²) in [6, 6.07) is 12.8. The molecule has 2 aliphatic rings. The lowest BCUT2D eigenvalue weighted by Gasteiger charge is -2.36. The number of allylic oxidation sites excluding steroid dienone is 1. The third-order valence-corrected chi connectivity index (χ3v) is 6.27. The van der Waals surface area contributed by atoms with Crippen LogP contribution in [0.4, 0.5) is 9.18 Å². The minimum atomic E-state index is -0.514. The van der Waals surface area contributed by atoms with Crippen molar-refractivity contribution in [2.45, 2.75) is 38.8 Å². The van der Waals surface area contributed by atoms with E-state index in [9.17, 15) is 9.18 Å². The molecule has 3 heterocycles. The Morgan fingerprint density at radius 2 is 2.06 bits per heavy atom. The lowest BCUT2D eigenvalue weighted by atomic mass is 9.94. The number of nitrogens with one attached hydrogen (secondary N) is 1. The van der Waals surface area contributed by atoms with Crippen molar-refractivity contribution < 1.29 is 23.2 Å². The average Bonchev–Trinajstić information content (AvgIpc) is 3.55. The van der Waals surface area contributed by atoms with Gasteiger partial charge in [-0.15, -0.1) is 0 Å². The van der Waals surface area contributed by atoms with Crippen molar-refractivity contribution in [1.29, 1.82) is 0 Å². The third kappa shape index (κ3) is 4.77. The van der Waals surface area contributed by atoms with E-state index >= 15 is 0 Å². The molecule has 0 spiro atoms. The zero-order valence-corrected chi connectivity index (χ0v) is 19.7. The number of ether oxygens (including phenoxy) is 2. The van der Waals surface area contributed by atoms with Crippen LogP contribution >= 0.6 is 0 Å². The summed E-state index contributed by atoms with van der Waals surface area (Å²) in [5.74, 6) is 0.891. The second-order valence-electron chi connectivity index (χ2n) is 8.56.